The third-order valence-corrected chi connectivity index (χ3v) is 3.23. The Balaban J connectivity index is 2.32. The van der Waals surface area contributed by atoms with Crippen LogP contribution in [0.2, 0.25) is 0 Å². The summed E-state index contributed by atoms with van der Waals surface area (Å²) in [7, 11) is 3.42. The number of H-pyrrole nitrogens is 1. The summed E-state index contributed by atoms with van der Waals surface area (Å²) < 4.78 is 5.34. The average Bonchev–Trinajstić information content (AvgIpc) is 2.47. The van der Waals surface area contributed by atoms with Gasteiger partial charge >= 0.3 is 11.5 Å². The van der Waals surface area contributed by atoms with Crippen molar-refractivity contribution in [3.05, 3.63) is 57.8 Å². The Morgan fingerprint density at radius 3 is 2.81 bits per heavy atom. The minimum Gasteiger partial charge on any atom is -0.496 e. The molecule has 1 heterocycles. The maximum atomic E-state index is 11.1. The number of pyridine rings is 1. The number of anilines is 1. The van der Waals surface area contributed by atoms with E-state index in [9.17, 15) is 10.1 Å². The summed E-state index contributed by atoms with van der Waals surface area (Å²) in [6.45, 7) is 2.51. The highest BCUT2D eigenvalue weighted by atomic mass is 16.6. The Hall–Kier alpha value is -2.63. The zero-order chi connectivity index (χ0) is 15.4. The Morgan fingerprint density at radius 1 is 1.38 bits per heavy atom. The van der Waals surface area contributed by atoms with E-state index in [2.05, 4.69) is 4.98 Å². The van der Waals surface area contributed by atoms with E-state index < -0.39 is 4.92 Å². The molecule has 0 fully saturated rings. The largest absolute Gasteiger partial charge is 0.496 e. The van der Waals surface area contributed by atoms with Crippen molar-refractivity contribution in [2.24, 2.45) is 0 Å². The smallest absolute Gasteiger partial charge is 0.357 e. The summed E-state index contributed by atoms with van der Waals surface area (Å²) in [6.07, 6.45) is 1.67. The second-order valence-corrected chi connectivity index (χ2v) is 4.83. The van der Waals surface area contributed by atoms with E-state index in [0.717, 1.165) is 16.9 Å². The van der Waals surface area contributed by atoms with Gasteiger partial charge in [0, 0.05) is 11.6 Å². The van der Waals surface area contributed by atoms with Crippen LogP contribution in [0.4, 0.5) is 11.5 Å². The predicted molar refractivity (Wildman–Crippen MR) is 79.5 cm³/mol. The van der Waals surface area contributed by atoms with Crippen molar-refractivity contribution >= 4 is 11.5 Å². The minimum absolute atomic E-state index is 0.0478. The predicted octanol–water partition coefficient (Wildman–Crippen LogP) is 2.36. The molecule has 1 aromatic heterocycles. The maximum absolute atomic E-state index is 11.1. The Morgan fingerprint density at radius 2 is 2.14 bits per heavy atom. The first kappa shape index (κ1) is 14.8. The van der Waals surface area contributed by atoms with E-state index in [1.807, 2.05) is 25.1 Å². The van der Waals surface area contributed by atoms with Gasteiger partial charge in [0.25, 0.3) is 0 Å². The molecule has 0 spiro atoms. The van der Waals surface area contributed by atoms with Crippen molar-refractivity contribution in [3.8, 4) is 5.75 Å². The molecule has 0 saturated carbocycles. The third-order valence-electron chi connectivity index (χ3n) is 3.23. The number of benzene rings is 1. The lowest BCUT2D eigenvalue weighted by atomic mass is 10.1. The molecule has 0 aliphatic carbocycles. The molecule has 0 amide bonds. The van der Waals surface area contributed by atoms with E-state index in [0.29, 0.717) is 12.4 Å². The van der Waals surface area contributed by atoms with Gasteiger partial charge in [0.2, 0.25) is 0 Å². The molecule has 0 aliphatic heterocycles. The lowest BCUT2D eigenvalue weighted by molar-refractivity contribution is -0.411. The Labute approximate surface area is 123 Å². The Bertz CT molecular complexity index is 658. The summed E-state index contributed by atoms with van der Waals surface area (Å²) in [4.78, 5) is 15.4. The molecule has 1 N–H and O–H groups in total. The monoisotopic (exact) mass is 288 g/mol. The van der Waals surface area contributed by atoms with Crippen molar-refractivity contribution < 1.29 is 14.6 Å². The minimum atomic E-state index is -0.393. The van der Waals surface area contributed by atoms with E-state index in [4.69, 9.17) is 4.74 Å². The lowest BCUT2D eigenvalue weighted by Gasteiger charge is -2.14. The fraction of sp³-hybridized carbons (Fsp3) is 0.267. The van der Waals surface area contributed by atoms with Crippen molar-refractivity contribution in [3.63, 3.8) is 0 Å². The molecule has 6 heteroatoms. The number of nitro groups is 1. The molecule has 2 aromatic rings. The van der Waals surface area contributed by atoms with Crippen LogP contribution < -0.4 is 14.6 Å². The van der Waals surface area contributed by atoms with Crippen LogP contribution in [0.1, 0.15) is 11.1 Å². The number of aromatic nitrogens is 1. The fourth-order valence-corrected chi connectivity index (χ4v) is 2.24. The number of ether oxygens (including phenoxy) is 1. The highest BCUT2D eigenvalue weighted by molar-refractivity contribution is 5.53. The highest BCUT2D eigenvalue weighted by Gasteiger charge is 2.25. The number of hydrogen-bond acceptors (Lipinski definition) is 4. The molecule has 2 rings (SSSR count). The highest BCUT2D eigenvalue weighted by Crippen LogP contribution is 2.26. The molecule has 1 aromatic carbocycles. The quantitative estimate of drug-likeness (QED) is 0.625. The normalized spacial score (nSPS) is 10.2. The van der Waals surface area contributed by atoms with Crippen LogP contribution in [-0.2, 0) is 6.54 Å². The van der Waals surface area contributed by atoms with Crippen LogP contribution in [0.15, 0.2) is 36.5 Å². The van der Waals surface area contributed by atoms with Gasteiger partial charge in [-0.15, -0.1) is 0 Å². The molecular formula is C15H18N3O3+. The number of nitrogens with zero attached hydrogens (tertiary/aromatic N) is 2. The van der Waals surface area contributed by atoms with Crippen molar-refractivity contribution in [2.45, 2.75) is 13.5 Å². The van der Waals surface area contributed by atoms with Gasteiger partial charge in [0.1, 0.15) is 12.3 Å². The van der Waals surface area contributed by atoms with Crippen LogP contribution in [0.25, 0.3) is 0 Å². The molecule has 0 aliphatic rings. The van der Waals surface area contributed by atoms with Gasteiger partial charge in [-0.1, -0.05) is 11.6 Å². The van der Waals surface area contributed by atoms with Crippen molar-refractivity contribution in [1.82, 2.24) is 0 Å². The summed E-state index contributed by atoms with van der Waals surface area (Å²) in [5.74, 6) is 1.23. The molecule has 0 radical (unpaired) electrons. The Kier molecular flexibility index (Phi) is 4.37. The maximum Gasteiger partial charge on any atom is 0.357 e. The zero-order valence-corrected chi connectivity index (χ0v) is 12.3. The standard InChI is InChI=1S/C15H17N3O3/c1-11-6-7-14(21-3)12(9-11)10-17(2)15-13(18(19)20)5-4-8-16-15/h4-9H,10H2,1-3H3/p+1. The van der Waals surface area contributed by atoms with Crippen LogP contribution in [0.3, 0.4) is 0 Å². The van der Waals surface area contributed by atoms with Gasteiger partial charge in [-0.05, 0) is 25.1 Å². The van der Waals surface area contributed by atoms with Crippen LogP contribution >= 0.6 is 0 Å². The third kappa shape index (κ3) is 3.28. The molecule has 0 saturated heterocycles. The molecule has 21 heavy (non-hydrogen) atoms. The van der Waals surface area contributed by atoms with E-state index in [-0.39, 0.29) is 5.69 Å². The van der Waals surface area contributed by atoms with Crippen molar-refractivity contribution in [2.75, 3.05) is 19.1 Å². The first-order chi connectivity index (χ1) is 10.0. The second-order valence-electron chi connectivity index (χ2n) is 4.83. The molecular weight excluding hydrogens is 270 g/mol. The first-order valence-electron chi connectivity index (χ1n) is 6.52. The number of aromatic amines is 1. The summed E-state index contributed by atoms with van der Waals surface area (Å²) >= 11 is 0. The number of hydrogen-bond donors (Lipinski definition) is 0. The van der Waals surface area contributed by atoms with Gasteiger partial charge in [-0.3, -0.25) is 15.0 Å². The van der Waals surface area contributed by atoms with Gasteiger partial charge < -0.3 is 4.74 Å². The van der Waals surface area contributed by atoms with E-state index in [1.165, 1.54) is 6.07 Å². The number of nitrogens with one attached hydrogen (secondary N) is 1. The molecule has 0 bridgehead atoms. The number of methoxy groups -OCH3 is 1. The topological polar surface area (TPSA) is 69.8 Å². The van der Waals surface area contributed by atoms with Crippen LogP contribution in [0.5, 0.6) is 5.75 Å². The van der Waals surface area contributed by atoms with E-state index in [1.54, 1.807) is 31.3 Å². The van der Waals surface area contributed by atoms with Gasteiger partial charge in [-0.2, -0.15) is 0 Å². The summed E-state index contributed by atoms with van der Waals surface area (Å²) in [5.41, 5.74) is 2.14. The number of rotatable bonds is 5. The van der Waals surface area contributed by atoms with Crippen LogP contribution in [0, 0.1) is 17.0 Å². The SMILES string of the molecule is COc1ccc(C)cc1CN(C)c1[nH+]cccc1[N+](=O)[O-]. The van der Waals surface area contributed by atoms with Crippen molar-refractivity contribution in [1.29, 1.82) is 0 Å². The molecule has 0 atom stereocenters. The zero-order valence-electron chi connectivity index (χ0n) is 12.3. The molecule has 6 nitrogen and oxygen atoms in total. The van der Waals surface area contributed by atoms with E-state index >= 15 is 0 Å². The first-order valence-corrected chi connectivity index (χ1v) is 6.52. The summed E-state index contributed by atoms with van der Waals surface area (Å²) in [5, 5.41) is 11.1. The van der Waals surface area contributed by atoms with Crippen LogP contribution in [-0.4, -0.2) is 19.1 Å². The van der Waals surface area contributed by atoms with Gasteiger partial charge in [0.15, 0.2) is 0 Å². The molecule has 0 unspecified atom stereocenters. The lowest BCUT2D eigenvalue weighted by Crippen LogP contribution is -2.25. The second kappa shape index (κ2) is 6.21. The number of aryl methyl sites for hydroxylation is 1. The summed E-state index contributed by atoms with van der Waals surface area (Å²) in [6, 6.07) is 8.99. The van der Waals surface area contributed by atoms with Gasteiger partial charge in [-0.25, -0.2) is 4.98 Å². The van der Waals surface area contributed by atoms with Gasteiger partial charge in [0.05, 0.1) is 25.3 Å². The molecule has 110 valence electrons. The average molecular weight is 288 g/mol. The fourth-order valence-electron chi connectivity index (χ4n) is 2.24.